The summed E-state index contributed by atoms with van der Waals surface area (Å²) < 4.78 is 11.0. The molecule has 0 amide bonds. The molecule has 102 valence electrons. The first-order chi connectivity index (χ1) is 9.40. The lowest BCUT2D eigenvalue weighted by atomic mass is 10.1. The zero-order valence-corrected chi connectivity index (χ0v) is 11.3. The molecule has 1 aromatic rings. The minimum atomic E-state index is 0.198. The zero-order chi connectivity index (χ0) is 13.1. The summed E-state index contributed by atoms with van der Waals surface area (Å²) in [6.45, 7) is 4.42. The molecule has 1 unspecified atom stereocenters. The molecule has 19 heavy (non-hydrogen) atoms. The summed E-state index contributed by atoms with van der Waals surface area (Å²) in [6.07, 6.45) is 2.17. The van der Waals surface area contributed by atoms with Crippen LogP contribution in [0.2, 0.25) is 0 Å². The molecule has 1 aromatic carbocycles. The van der Waals surface area contributed by atoms with E-state index in [9.17, 15) is 0 Å². The van der Waals surface area contributed by atoms with Gasteiger partial charge in [0.25, 0.3) is 0 Å². The van der Waals surface area contributed by atoms with Crippen LogP contribution in [0.3, 0.4) is 0 Å². The van der Waals surface area contributed by atoms with Gasteiger partial charge in [0.2, 0.25) is 0 Å². The first-order valence-corrected chi connectivity index (χ1v) is 6.78. The highest BCUT2D eigenvalue weighted by Crippen LogP contribution is 2.34. The topological polar surface area (TPSA) is 24.9 Å². The van der Waals surface area contributed by atoms with Crippen molar-refractivity contribution < 1.29 is 9.47 Å². The number of morpholine rings is 1. The van der Waals surface area contributed by atoms with Crippen LogP contribution in [0.15, 0.2) is 42.2 Å². The Hall–Kier alpha value is -1.36. The van der Waals surface area contributed by atoms with E-state index in [1.54, 1.807) is 7.11 Å². The number of methoxy groups -OCH3 is 1. The monoisotopic (exact) mass is 260 g/mol. The van der Waals surface area contributed by atoms with E-state index in [2.05, 4.69) is 40.4 Å². The quantitative estimate of drug-likeness (QED) is 0.827. The second kappa shape index (κ2) is 5.74. The van der Waals surface area contributed by atoms with Gasteiger partial charge in [-0.3, -0.25) is 0 Å². The molecule has 2 heterocycles. The van der Waals surface area contributed by atoms with Crippen LogP contribution >= 0.6 is 0 Å². The zero-order valence-electron chi connectivity index (χ0n) is 11.3. The summed E-state index contributed by atoms with van der Waals surface area (Å²) >= 11 is 0. The Morgan fingerprint density at radius 2 is 1.89 bits per heavy atom. The standard InChI is InChI=1S/C15H20N2O2/c1-18-14-7-8-17(16-9-11-19-12-10-16)15(14)13-5-3-2-4-6-13/h2-7,15H,8-12H2,1H3. The van der Waals surface area contributed by atoms with Crippen LogP contribution in [0.4, 0.5) is 0 Å². The van der Waals surface area contributed by atoms with Gasteiger partial charge in [-0.05, 0) is 11.6 Å². The smallest absolute Gasteiger partial charge is 0.116 e. The molecule has 0 aliphatic carbocycles. The first kappa shape index (κ1) is 12.7. The lowest BCUT2D eigenvalue weighted by molar-refractivity contribution is -0.0999. The second-order valence-corrected chi connectivity index (χ2v) is 4.81. The average molecular weight is 260 g/mol. The summed E-state index contributed by atoms with van der Waals surface area (Å²) in [4.78, 5) is 0. The summed E-state index contributed by atoms with van der Waals surface area (Å²) in [5.41, 5.74) is 1.28. The lowest BCUT2D eigenvalue weighted by Gasteiger charge is -2.39. The van der Waals surface area contributed by atoms with Gasteiger partial charge in [-0.25, -0.2) is 10.0 Å². The Labute approximate surface area is 114 Å². The third kappa shape index (κ3) is 2.52. The van der Waals surface area contributed by atoms with Gasteiger partial charge in [-0.15, -0.1) is 0 Å². The van der Waals surface area contributed by atoms with Crippen LogP contribution < -0.4 is 0 Å². The van der Waals surface area contributed by atoms with Crippen molar-refractivity contribution in [2.75, 3.05) is 40.0 Å². The summed E-state index contributed by atoms with van der Waals surface area (Å²) in [7, 11) is 1.75. The average Bonchev–Trinajstić information content (AvgIpc) is 2.93. The fourth-order valence-corrected chi connectivity index (χ4v) is 2.80. The molecule has 1 atom stereocenters. The van der Waals surface area contributed by atoms with E-state index in [-0.39, 0.29) is 6.04 Å². The highest BCUT2D eigenvalue weighted by molar-refractivity contribution is 5.28. The molecule has 1 saturated heterocycles. The fourth-order valence-electron chi connectivity index (χ4n) is 2.80. The Balaban J connectivity index is 1.84. The van der Waals surface area contributed by atoms with Gasteiger partial charge in [0.1, 0.15) is 11.8 Å². The van der Waals surface area contributed by atoms with Gasteiger partial charge in [0.15, 0.2) is 0 Å². The minimum Gasteiger partial charge on any atom is -0.499 e. The normalized spacial score (nSPS) is 25.3. The van der Waals surface area contributed by atoms with Crippen molar-refractivity contribution in [2.24, 2.45) is 0 Å². The number of hydrogen-bond acceptors (Lipinski definition) is 4. The molecule has 2 aliphatic heterocycles. The van der Waals surface area contributed by atoms with Gasteiger partial charge < -0.3 is 9.47 Å². The van der Waals surface area contributed by atoms with E-state index in [1.807, 2.05) is 6.07 Å². The third-order valence-corrected chi connectivity index (χ3v) is 3.75. The van der Waals surface area contributed by atoms with Crippen molar-refractivity contribution in [3.63, 3.8) is 0 Å². The second-order valence-electron chi connectivity index (χ2n) is 4.81. The van der Waals surface area contributed by atoms with Crippen LogP contribution in [0.1, 0.15) is 11.6 Å². The number of nitrogens with zero attached hydrogens (tertiary/aromatic N) is 2. The van der Waals surface area contributed by atoms with Crippen LogP contribution in [0.5, 0.6) is 0 Å². The van der Waals surface area contributed by atoms with Crippen LogP contribution in [0, 0.1) is 0 Å². The molecule has 0 bridgehead atoms. The van der Waals surface area contributed by atoms with Crippen LogP contribution in [-0.4, -0.2) is 50.0 Å². The van der Waals surface area contributed by atoms with Crippen molar-refractivity contribution in [3.8, 4) is 0 Å². The third-order valence-electron chi connectivity index (χ3n) is 3.75. The van der Waals surface area contributed by atoms with Gasteiger partial charge in [-0.1, -0.05) is 30.3 Å². The van der Waals surface area contributed by atoms with Crippen LogP contribution in [-0.2, 0) is 9.47 Å². The van der Waals surface area contributed by atoms with E-state index >= 15 is 0 Å². The van der Waals surface area contributed by atoms with E-state index in [0.29, 0.717) is 0 Å². The number of hydrogen-bond donors (Lipinski definition) is 0. The van der Waals surface area contributed by atoms with Gasteiger partial charge in [-0.2, -0.15) is 0 Å². The number of ether oxygens (including phenoxy) is 2. The first-order valence-electron chi connectivity index (χ1n) is 6.78. The highest BCUT2D eigenvalue weighted by Gasteiger charge is 2.34. The summed E-state index contributed by atoms with van der Waals surface area (Å²) in [5.74, 6) is 1.04. The Morgan fingerprint density at radius 1 is 1.16 bits per heavy atom. The van der Waals surface area contributed by atoms with Crippen molar-refractivity contribution >= 4 is 0 Å². The van der Waals surface area contributed by atoms with Gasteiger partial charge in [0, 0.05) is 19.6 Å². The predicted octanol–water partition coefficient (Wildman–Crippen LogP) is 1.82. The van der Waals surface area contributed by atoms with Crippen molar-refractivity contribution in [1.29, 1.82) is 0 Å². The lowest BCUT2D eigenvalue weighted by Crippen LogP contribution is -2.49. The van der Waals surface area contributed by atoms with Gasteiger partial charge in [0.05, 0.1) is 20.3 Å². The molecule has 0 aromatic heterocycles. The molecule has 4 heteroatoms. The number of hydrazine groups is 1. The molecular formula is C15H20N2O2. The molecule has 4 nitrogen and oxygen atoms in total. The molecule has 0 spiro atoms. The maximum Gasteiger partial charge on any atom is 0.116 e. The van der Waals surface area contributed by atoms with Crippen molar-refractivity contribution in [3.05, 3.63) is 47.7 Å². The SMILES string of the molecule is COC1=CCN(N2CCOCC2)C1c1ccccc1. The maximum absolute atomic E-state index is 5.56. The maximum atomic E-state index is 5.56. The largest absolute Gasteiger partial charge is 0.499 e. The van der Waals surface area contributed by atoms with E-state index in [1.165, 1.54) is 5.56 Å². The van der Waals surface area contributed by atoms with E-state index in [4.69, 9.17) is 9.47 Å². The molecular weight excluding hydrogens is 240 g/mol. The Kier molecular flexibility index (Phi) is 3.82. The molecule has 1 fully saturated rings. The molecule has 0 radical (unpaired) electrons. The van der Waals surface area contributed by atoms with Gasteiger partial charge >= 0.3 is 0 Å². The highest BCUT2D eigenvalue weighted by atomic mass is 16.5. The van der Waals surface area contributed by atoms with Crippen molar-refractivity contribution in [2.45, 2.75) is 6.04 Å². The Bertz CT molecular complexity index is 441. The summed E-state index contributed by atoms with van der Waals surface area (Å²) in [5, 5.41) is 4.76. The van der Waals surface area contributed by atoms with E-state index in [0.717, 1.165) is 38.6 Å². The molecule has 3 rings (SSSR count). The van der Waals surface area contributed by atoms with E-state index < -0.39 is 0 Å². The van der Waals surface area contributed by atoms with Crippen LogP contribution in [0.25, 0.3) is 0 Å². The molecule has 0 saturated carbocycles. The summed E-state index contributed by atoms with van der Waals surface area (Å²) in [6, 6.07) is 10.7. The Morgan fingerprint density at radius 3 is 2.58 bits per heavy atom. The number of rotatable bonds is 3. The minimum absolute atomic E-state index is 0.198. The number of benzene rings is 1. The molecule has 2 aliphatic rings. The van der Waals surface area contributed by atoms with Crippen molar-refractivity contribution in [1.82, 2.24) is 10.0 Å². The predicted molar refractivity (Wildman–Crippen MR) is 73.4 cm³/mol. The molecule has 0 N–H and O–H groups in total. The fraction of sp³-hybridized carbons (Fsp3) is 0.467.